The molecule has 21 heavy (non-hydrogen) atoms. The third-order valence-electron chi connectivity index (χ3n) is 4.71. The summed E-state index contributed by atoms with van der Waals surface area (Å²) in [4.78, 5) is 5.50. The number of hydrogen-bond donors (Lipinski definition) is 2. The lowest BCUT2D eigenvalue weighted by molar-refractivity contribution is 0.0364. The van der Waals surface area contributed by atoms with Gasteiger partial charge in [-0.15, -0.1) is 11.3 Å². The van der Waals surface area contributed by atoms with Crippen LogP contribution >= 0.6 is 11.3 Å². The first kappa shape index (κ1) is 16.9. The fourth-order valence-electron chi connectivity index (χ4n) is 2.95. The van der Waals surface area contributed by atoms with Crippen LogP contribution in [0.15, 0.2) is 5.51 Å². The number of aromatic nitrogens is 1. The maximum Gasteiger partial charge on any atom is 0.0897 e. The molecule has 1 aromatic heterocycles. The van der Waals surface area contributed by atoms with E-state index in [0.29, 0.717) is 31.7 Å². The second-order valence-electron chi connectivity index (χ2n) is 6.27. The standard InChI is InChI=1S/C16H28N2O2S/c1-11-4-5-15(12(11)2)17-8-14(19)9-20-7-6-16-13(3)18-10-21-16/h10-12,14-15,17,19H,4-9H2,1-3H3. The highest BCUT2D eigenvalue weighted by atomic mass is 32.1. The predicted octanol–water partition coefficient (Wildman–Crippen LogP) is 2.40. The summed E-state index contributed by atoms with van der Waals surface area (Å²) in [5.41, 5.74) is 2.96. The molecule has 1 aromatic rings. The van der Waals surface area contributed by atoms with Crippen molar-refractivity contribution in [2.45, 2.75) is 52.2 Å². The molecule has 120 valence electrons. The number of rotatable bonds is 8. The van der Waals surface area contributed by atoms with Crippen LogP contribution in [0.3, 0.4) is 0 Å². The molecule has 0 radical (unpaired) electrons. The Bertz CT molecular complexity index is 424. The van der Waals surface area contributed by atoms with Gasteiger partial charge in [-0.1, -0.05) is 13.8 Å². The molecule has 1 heterocycles. The Kier molecular flexibility index (Phi) is 6.61. The van der Waals surface area contributed by atoms with E-state index in [9.17, 15) is 5.11 Å². The number of nitrogens with zero attached hydrogens (tertiary/aromatic N) is 1. The van der Waals surface area contributed by atoms with Crippen molar-refractivity contribution in [2.24, 2.45) is 11.8 Å². The summed E-state index contributed by atoms with van der Waals surface area (Å²) in [7, 11) is 0. The molecule has 2 N–H and O–H groups in total. The molecule has 1 aliphatic rings. The fraction of sp³-hybridized carbons (Fsp3) is 0.812. The van der Waals surface area contributed by atoms with Gasteiger partial charge in [-0.2, -0.15) is 0 Å². The summed E-state index contributed by atoms with van der Waals surface area (Å²) in [6.07, 6.45) is 2.98. The van der Waals surface area contributed by atoms with Crippen LogP contribution in [0.2, 0.25) is 0 Å². The molecule has 0 bridgehead atoms. The van der Waals surface area contributed by atoms with Crippen molar-refractivity contribution in [1.82, 2.24) is 10.3 Å². The number of aryl methyl sites for hydroxylation is 1. The van der Waals surface area contributed by atoms with Crippen LogP contribution in [0.25, 0.3) is 0 Å². The molecule has 0 spiro atoms. The molecule has 2 rings (SSSR count). The molecule has 0 amide bonds. The van der Waals surface area contributed by atoms with Crippen molar-refractivity contribution in [3.63, 3.8) is 0 Å². The van der Waals surface area contributed by atoms with Crippen LogP contribution in [0.5, 0.6) is 0 Å². The number of aliphatic hydroxyl groups is 1. The zero-order valence-corrected chi connectivity index (χ0v) is 14.2. The van der Waals surface area contributed by atoms with Gasteiger partial charge in [0.05, 0.1) is 30.5 Å². The van der Waals surface area contributed by atoms with E-state index in [1.54, 1.807) is 11.3 Å². The molecule has 1 fully saturated rings. The third kappa shape index (κ3) is 5.02. The summed E-state index contributed by atoms with van der Waals surface area (Å²) in [6, 6.07) is 0.550. The van der Waals surface area contributed by atoms with Gasteiger partial charge in [0.15, 0.2) is 0 Å². The Labute approximate surface area is 131 Å². The Balaban J connectivity index is 1.55. The summed E-state index contributed by atoms with van der Waals surface area (Å²) < 4.78 is 5.58. The molecule has 4 atom stereocenters. The van der Waals surface area contributed by atoms with Gasteiger partial charge in [-0.25, -0.2) is 4.98 Å². The SMILES string of the molecule is Cc1ncsc1CCOCC(O)CNC1CCC(C)C1C. The van der Waals surface area contributed by atoms with Crippen molar-refractivity contribution < 1.29 is 9.84 Å². The maximum absolute atomic E-state index is 9.98. The van der Waals surface area contributed by atoms with Crippen LogP contribution in [0.4, 0.5) is 0 Å². The first-order valence-corrected chi connectivity index (χ1v) is 8.84. The molecule has 1 aliphatic carbocycles. The summed E-state index contributed by atoms with van der Waals surface area (Å²) in [5.74, 6) is 1.49. The Morgan fingerprint density at radius 1 is 1.48 bits per heavy atom. The van der Waals surface area contributed by atoms with E-state index in [4.69, 9.17) is 4.74 Å². The first-order chi connectivity index (χ1) is 10.1. The molecular formula is C16H28N2O2S. The Hall–Kier alpha value is -0.490. The number of aliphatic hydroxyl groups excluding tert-OH is 1. The number of ether oxygens (including phenoxy) is 1. The second kappa shape index (κ2) is 8.22. The Morgan fingerprint density at radius 2 is 2.29 bits per heavy atom. The second-order valence-corrected chi connectivity index (χ2v) is 7.21. The molecule has 0 saturated heterocycles. The lowest BCUT2D eigenvalue weighted by atomic mass is 9.98. The predicted molar refractivity (Wildman–Crippen MR) is 86.7 cm³/mol. The highest BCUT2D eigenvalue weighted by molar-refractivity contribution is 7.09. The van der Waals surface area contributed by atoms with Crippen molar-refractivity contribution in [3.8, 4) is 0 Å². The lowest BCUT2D eigenvalue weighted by Crippen LogP contribution is -2.39. The van der Waals surface area contributed by atoms with Crippen molar-refractivity contribution in [3.05, 3.63) is 16.1 Å². The first-order valence-electron chi connectivity index (χ1n) is 7.96. The largest absolute Gasteiger partial charge is 0.389 e. The average Bonchev–Trinajstić information content (AvgIpc) is 3.01. The van der Waals surface area contributed by atoms with Gasteiger partial charge in [0.2, 0.25) is 0 Å². The van der Waals surface area contributed by atoms with Crippen LogP contribution in [0.1, 0.15) is 37.3 Å². The smallest absolute Gasteiger partial charge is 0.0897 e. The Morgan fingerprint density at radius 3 is 2.90 bits per heavy atom. The fourth-order valence-corrected chi connectivity index (χ4v) is 3.71. The number of nitrogens with one attached hydrogen (secondary N) is 1. The molecular weight excluding hydrogens is 284 g/mol. The minimum atomic E-state index is -0.421. The average molecular weight is 312 g/mol. The topological polar surface area (TPSA) is 54.4 Å². The van der Waals surface area contributed by atoms with E-state index in [0.717, 1.165) is 18.0 Å². The zero-order chi connectivity index (χ0) is 15.2. The van der Waals surface area contributed by atoms with E-state index in [2.05, 4.69) is 24.1 Å². The maximum atomic E-state index is 9.98. The summed E-state index contributed by atoms with van der Waals surface area (Å²) in [6.45, 7) is 8.32. The lowest BCUT2D eigenvalue weighted by Gasteiger charge is -2.21. The minimum absolute atomic E-state index is 0.404. The van der Waals surface area contributed by atoms with Gasteiger partial charge < -0.3 is 15.2 Å². The van der Waals surface area contributed by atoms with E-state index >= 15 is 0 Å². The quantitative estimate of drug-likeness (QED) is 0.724. The van der Waals surface area contributed by atoms with Gasteiger partial charge >= 0.3 is 0 Å². The van der Waals surface area contributed by atoms with Crippen molar-refractivity contribution >= 4 is 11.3 Å². The molecule has 4 nitrogen and oxygen atoms in total. The summed E-state index contributed by atoms with van der Waals surface area (Å²) >= 11 is 1.67. The summed E-state index contributed by atoms with van der Waals surface area (Å²) in [5, 5.41) is 13.5. The van der Waals surface area contributed by atoms with Gasteiger partial charge in [-0.05, 0) is 31.6 Å². The van der Waals surface area contributed by atoms with Gasteiger partial charge in [0.1, 0.15) is 0 Å². The van der Waals surface area contributed by atoms with Crippen LogP contribution < -0.4 is 5.32 Å². The van der Waals surface area contributed by atoms with Crippen LogP contribution in [0, 0.1) is 18.8 Å². The van der Waals surface area contributed by atoms with E-state index in [1.807, 2.05) is 12.4 Å². The van der Waals surface area contributed by atoms with E-state index in [-0.39, 0.29) is 0 Å². The van der Waals surface area contributed by atoms with Crippen LogP contribution in [-0.2, 0) is 11.2 Å². The molecule has 0 aliphatic heterocycles. The van der Waals surface area contributed by atoms with Gasteiger partial charge in [-0.3, -0.25) is 0 Å². The monoisotopic (exact) mass is 312 g/mol. The highest BCUT2D eigenvalue weighted by Gasteiger charge is 2.29. The van der Waals surface area contributed by atoms with Crippen molar-refractivity contribution in [1.29, 1.82) is 0 Å². The van der Waals surface area contributed by atoms with Gasteiger partial charge in [0.25, 0.3) is 0 Å². The molecule has 1 saturated carbocycles. The molecule has 0 aromatic carbocycles. The number of hydrogen-bond acceptors (Lipinski definition) is 5. The minimum Gasteiger partial charge on any atom is -0.389 e. The number of thiazole rings is 1. The van der Waals surface area contributed by atoms with E-state index < -0.39 is 6.10 Å². The van der Waals surface area contributed by atoms with Crippen LogP contribution in [-0.4, -0.2) is 42.0 Å². The normalized spacial score (nSPS) is 27.1. The van der Waals surface area contributed by atoms with Gasteiger partial charge in [0, 0.05) is 23.9 Å². The zero-order valence-electron chi connectivity index (χ0n) is 13.3. The molecule has 4 unspecified atom stereocenters. The highest BCUT2D eigenvalue weighted by Crippen LogP contribution is 2.30. The van der Waals surface area contributed by atoms with E-state index in [1.165, 1.54) is 17.7 Å². The van der Waals surface area contributed by atoms with Crippen molar-refractivity contribution in [2.75, 3.05) is 19.8 Å². The third-order valence-corrected chi connectivity index (χ3v) is 5.70. The molecule has 5 heteroatoms.